The molecule has 0 aliphatic heterocycles. The predicted molar refractivity (Wildman–Crippen MR) is 49.4 cm³/mol. The number of hydrogen-bond acceptors (Lipinski definition) is 2. The molecular weight excluding hydrogens is 150 g/mol. The van der Waals surface area contributed by atoms with Crippen LogP contribution in [0.1, 0.15) is 25.3 Å². The third-order valence-electron chi connectivity index (χ3n) is 1.84. The lowest BCUT2D eigenvalue weighted by Crippen LogP contribution is -1.94. The fraction of sp³-hybridized carbons (Fsp3) is 0.500. The van der Waals surface area contributed by atoms with Crippen LogP contribution in [0.4, 0.5) is 0 Å². The smallest absolute Gasteiger partial charge is 0.216 e. The molecule has 1 heterocycles. The summed E-state index contributed by atoms with van der Waals surface area (Å²) in [5.41, 5.74) is 1.21. The van der Waals surface area contributed by atoms with Gasteiger partial charge in [-0.1, -0.05) is 19.4 Å². The number of pyridine rings is 1. The van der Waals surface area contributed by atoms with Gasteiger partial charge >= 0.3 is 0 Å². The zero-order valence-electron chi connectivity index (χ0n) is 7.71. The van der Waals surface area contributed by atoms with E-state index in [0.717, 1.165) is 12.3 Å². The number of hydrogen-bond donors (Lipinski definition) is 0. The maximum absolute atomic E-state index is 5.13. The highest BCUT2D eigenvalue weighted by atomic mass is 16.5. The molecule has 12 heavy (non-hydrogen) atoms. The van der Waals surface area contributed by atoms with Crippen molar-refractivity contribution >= 4 is 0 Å². The van der Waals surface area contributed by atoms with Gasteiger partial charge in [-0.25, -0.2) is 4.98 Å². The molecule has 0 N–H and O–H groups in total. The van der Waals surface area contributed by atoms with E-state index in [1.54, 1.807) is 13.3 Å². The fourth-order valence-corrected chi connectivity index (χ4v) is 1.17. The topological polar surface area (TPSA) is 22.1 Å². The van der Waals surface area contributed by atoms with Crippen LogP contribution in [0.25, 0.3) is 0 Å². The first-order valence-electron chi connectivity index (χ1n) is 4.36. The van der Waals surface area contributed by atoms with Crippen molar-refractivity contribution in [2.24, 2.45) is 0 Å². The average Bonchev–Trinajstić information content (AvgIpc) is 2.15. The van der Waals surface area contributed by atoms with Crippen molar-refractivity contribution in [3.63, 3.8) is 0 Å². The zero-order chi connectivity index (χ0) is 8.81. The molecule has 1 rings (SSSR count). The molecule has 0 fully saturated rings. The molecule has 0 aliphatic carbocycles. The minimum absolute atomic E-state index is 0.769. The Morgan fingerprint density at radius 2 is 2.33 bits per heavy atom. The van der Waals surface area contributed by atoms with Crippen molar-refractivity contribution in [1.29, 1.82) is 0 Å². The van der Waals surface area contributed by atoms with Crippen molar-refractivity contribution in [1.82, 2.24) is 4.98 Å². The number of aromatic nitrogens is 1. The molecule has 0 unspecified atom stereocenters. The molecule has 2 heteroatoms. The van der Waals surface area contributed by atoms with Crippen LogP contribution in [0.15, 0.2) is 18.3 Å². The lowest BCUT2D eigenvalue weighted by molar-refractivity contribution is 0.392. The lowest BCUT2D eigenvalue weighted by atomic mass is 10.1. The molecule has 0 aromatic carbocycles. The first kappa shape index (κ1) is 9.04. The number of nitrogens with zero attached hydrogens (tertiary/aromatic N) is 1. The summed E-state index contributed by atoms with van der Waals surface area (Å²) < 4.78 is 5.13. The van der Waals surface area contributed by atoms with Gasteiger partial charge in [0.2, 0.25) is 5.88 Å². The lowest BCUT2D eigenvalue weighted by Gasteiger charge is -2.04. The molecule has 1 aromatic heterocycles. The van der Waals surface area contributed by atoms with Crippen LogP contribution in [0, 0.1) is 0 Å². The van der Waals surface area contributed by atoms with Gasteiger partial charge in [0.1, 0.15) is 0 Å². The van der Waals surface area contributed by atoms with Crippen LogP contribution in [-0.4, -0.2) is 12.1 Å². The molecule has 1 aromatic rings. The molecule has 2 nitrogen and oxygen atoms in total. The van der Waals surface area contributed by atoms with Crippen LogP contribution in [-0.2, 0) is 6.42 Å². The minimum Gasteiger partial charge on any atom is -0.481 e. The zero-order valence-corrected chi connectivity index (χ0v) is 7.71. The summed E-state index contributed by atoms with van der Waals surface area (Å²) in [6.45, 7) is 2.18. The molecule has 0 amide bonds. The normalized spacial score (nSPS) is 9.83. The van der Waals surface area contributed by atoms with E-state index in [1.165, 1.54) is 18.4 Å². The number of rotatable bonds is 4. The summed E-state index contributed by atoms with van der Waals surface area (Å²) in [5, 5.41) is 0. The summed E-state index contributed by atoms with van der Waals surface area (Å²) >= 11 is 0. The van der Waals surface area contributed by atoms with E-state index in [4.69, 9.17) is 4.74 Å². The van der Waals surface area contributed by atoms with E-state index in [-0.39, 0.29) is 0 Å². The Bertz CT molecular complexity index is 235. The standard InChI is InChI=1S/C10H15NO/c1-3-4-6-9-7-5-8-11-10(9)12-2/h5,7-8H,3-4,6H2,1-2H3. The van der Waals surface area contributed by atoms with Gasteiger partial charge in [-0.15, -0.1) is 0 Å². The van der Waals surface area contributed by atoms with E-state index in [9.17, 15) is 0 Å². The summed E-state index contributed by atoms with van der Waals surface area (Å²) in [6, 6.07) is 4.02. The first-order chi connectivity index (χ1) is 5.88. The second-order valence-electron chi connectivity index (χ2n) is 2.78. The SMILES string of the molecule is CCCCc1cccnc1OC. The quantitative estimate of drug-likeness (QED) is 0.683. The maximum atomic E-state index is 5.13. The highest BCUT2D eigenvalue weighted by Crippen LogP contribution is 2.15. The van der Waals surface area contributed by atoms with E-state index in [0.29, 0.717) is 0 Å². The first-order valence-corrected chi connectivity index (χ1v) is 4.36. The Kier molecular flexibility index (Phi) is 3.58. The van der Waals surface area contributed by atoms with Crippen molar-refractivity contribution in [2.45, 2.75) is 26.2 Å². The Balaban J connectivity index is 2.68. The van der Waals surface area contributed by atoms with Gasteiger partial charge in [0.25, 0.3) is 0 Å². The second-order valence-corrected chi connectivity index (χ2v) is 2.78. The van der Waals surface area contributed by atoms with Gasteiger partial charge in [-0.3, -0.25) is 0 Å². The minimum atomic E-state index is 0.769. The van der Waals surface area contributed by atoms with Crippen LogP contribution in [0.2, 0.25) is 0 Å². The van der Waals surface area contributed by atoms with Gasteiger partial charge in [0.15, 0.2) is 0 Å². The predicted octanol–water partition coefficient (Wildman–Crippen LogP) is 2.43. The third-order valence-corrected chi connectivity index (χ3v) is 1.84. The average molecular weight is 165 g/mol. The van der Waals surface area contributed by atoms with Crippen molar-refractivity contribution in [2.75, 3.05) is 7.11 Å². The van der Waals surface area contributed by atoms with Crippen LogP contribution in [0.5, 0.6) is 5.88 Å². The maximum Gasteiger partial charge on any atom is 0.216 e. The largest absolute Gasteiger partial charge is 0.481 e. The molecule has 0 saturated heterocycles. The van der Waals surface area contributed by atoms with Gasteiger partial charge in [-0.2, -0.15) is 0 Å². The fourth-order valence-electron chi connectivity index (χ4n) is 1.17. The van der Waals surface area contributed by atoms with Gasteiger partial charge in [-0.05, 0) is 18.9 Å². The Hall–Kier alpha value is -1.05. The third kappa shape index (κ3) is 2.22. The molecule has 0 bridgehead atoms. The Morgan fingerprint density at radius 1 is 1.50 bits per heavy atom. The number of unbranched alkanes of at least 4 members (excludes halogenated alkanes) is 1. The summed E-state index contributed by atoms with van der Waals surface area (Å²) in [5.74, 6) is 0.769. The number of aryl methyl sites for hydroxylation is 1. The van der Waals surface area contributed by atoms with Gasteiger partial charge in [0.05, 0.1) is 7.11 Å². The van der Waals surface area contributed by atoms with Gasteiger partial charge < -0.3 is 4.74 Å². The second kappa shape index (κ2) is 4.75. The van der Waals surface area contributed by atoms with Crippen molar-refractivity contribution < 1.29 is 4.74 Å². The summed E-state index contributed by atoms with van der Waals surface area (Å²) in [7, 11) is 1.66. The number of ether oxygens (including phenoxy) is 1. The number of methoxy groups -OCH3 is 1. The molecule has 0 radical (unpaired) electrons. The summed E-state index contributed by atoms with van der Waals surface area (Å²) in [4.78, 5) is 4.13. The van der Waals surface area contributed by atoms with E-state index in [1.807, 2.05) is 6.07 Å². The molecule has 0 saturated carbocycles. The molecule has 0 spiro atoms. The van der Waals surface area contributed by atoms with Crippen LogP contribution >= 0.6 is 0 Å². The molecule has 0 aliphatic rings. The van der Waals surface area contributed by atoms with Crippen molar-refractivity contribution in [3.8, 4) is 5.88 Å². The summed E-state index contributed by atoms with van der Waals surface area (Å²) in [6.07, 6.45) is 5.22. The molecule has 0 atom stereocenters. The Labute approximate surface area is 73.6 Å². The monoisotopic (exact) mass is 165 g/mol. The highest BCUT2D eigenvalue weighted by molar-refractivity contribution is 5.25. The Morgan fingerprint density at radius 3 is 3.00 bits per heavy atom. The molecule has 66 valence electrons. The molecular formula is C10H15NO. The van der Waals surface area contributed by atoms with E-state index < -0.39 is 0 Å². The van der Waals surface area contributed by atoms with Crippen LogP contribution < -0.4 is 4.74 Å². The van der Waals surface area contributed by atoms with E-state index in [2.05, 4.69) is 18.0 Å². The highest BCUT2D eigenvalue weighted by Gasteiger charge is 2.00. The van der Waals surface area contributed by atoms with Crippen molar-refractivity contribution in [3.05, 3.63) is 23.9 Å². The van der Waals surface area contributed by atoms with Crippen LogP contribution in [0.3, 0.4) is 0 Å². The van der Waals surface area contributed by atoms with Gasteiger partial charge in [0, 0.05) is 11.8 Å². The van der Waals surface area contributed by atoms with E-state index >= 15 is 0 Å².